The summed E-state index contributed by atoms with van der Waals surface area (Å²) in [5.41, 5.74) is 5.72. The normalized spacial score (nSPS) is 22.8. The molecule has 3 atom stereocenters. The van der Waals surface area contributed by atoms with E-state index < -0.39 is 0 Å². The molecule has 0 saturated carbocycles. The van der Waals surface area contributed by atoms with Crippen LogP contribution in [0.3, 0.4) is 0 Å². The molecule has 3 nitrogen and oxygen atoms in total. The van der Waals surface area contributed by atoms with E-state index in [-0.39, 0.29) is 23.6 Å². The number of hydrogen-bond donors (Lipinski definition) is 1. The fourth-order valence-corrected chi connectivity index (χ4v) is 3.69. The van der Waals surface area contributed by atoms with Crippen LogP contribution in [0.15, 0.2) is 29.2 Å². The zero-order valence-corrected chi connectivity index (χ0v) is 14.7. The summed E-state index contributed by atoms with van der Waals surface area (Å²) in [5, 5.41) is 0.627. The quantitative estimate of drug-likeness (QED) is 0.847. The molecule has 21 heavy (non-hydrogen) atoms. The second-order valence-corrected chi connectivity index (χ2v) is 7.24. The SMILES string of the molecule is CC(Sc1ccc(Cl)cc1)C(=O)N1CC(CN)CC1C.Cl. The van der Waals surface area contributed by atoms with Crippen LogP contribution >= 0.6 is 35.8 Å². The average molecular weight is 349 g/mol. The number of thioether (sulfide) groups is 1. The first-order valence-corrected chi connectivity index (χ1v) is 8.19. The van der Waals surface area contributed by atoms with Gasteiger partial charge in [0.05, 0.1) is 5.25 Å². The molecule has 1 aromatic rings. The molecule has 6 heteroatoms. The van der Waals surface area contributed by atoms with Crippen molar-refractivity contribution in [2.24, 2.45) is 11.7 Å². The van der Waals surface area contributed by atoms with Crippen LogP contribution in [0.2, 0.25) is 5.02 Å². The van der Waals surface area contributed by atoms with Gasteiger partial charge in [0.2, 0.25) is 5.91 Å². The third-order valence-electron chi connectivity index (χ3n) is 3.75. The highest BCUT2D eigenvalue weighted by molar-refractivity contribution is 8.00. The van der Waals surface area contributed by atoms with Gasteiger partial charge in [-0.15, -0.1) is 24.2 Å². The predicted molar refractivity (Wildman–Crippen MR) is 92.4 cm³/mol. The van der Waals surface area contributed by atoms with E-state index in [9.17, 15) is 4.79 Å². The minimum absolute atomic E-state index is 0. The second-order valence-electron chi connectivity index (χ2n) is 5.39. The van der Waals surface area contributed by atoms with E-state index in [4.69, 9.17) is 17.3 Å². The predicted octanol–water partition coefficient (Wildman–Crippen LogP) is 3.44. The highest BCUT2D eigenvalue weighted by atomic mass is 35.5. The first-order chi connectivity index (χ1) is 9.51. The lowest BCUT2D eigenvalue weighted by Gasteiger charge is -2.25. The molecular weight excluding hydrogens is 327 g/mol. The van der Waals surface area contributed by atoms with Crippen LogP contribution in [0, 0.1) is 5.92 Å². The first-order valence-electron chi connectivity index (χ1n) is 6.94. The maximum atomic E-state index is 12.5. The van der Waals surface area contributed by atoms with Gasteiger partial charge in [-0.25, -0.2) is 0 Å². The van der Waals surface area contributed by atoms with E-state index in [1.807, 2.05) is 36.1 Å². The molecule has 0 bridgehead atoms. The van der Waals surface area contributed by atoms with Crippen LogP contribution in [0.25, 0.3) is 0 Å². The molecule has 0 aromatic heterocycles. The molecule has 118 valence electrons. The van der Waals surface area contributed by atoms with Crippen molar-refractivity contribution in [3.05, 3.63) is 29.3 Å². The van der Waals surface area contributed by atoms with Crippen LogP contribution in [0.1, 0.15) is 20.3 Å². The van der Waals surface area contributed by atoms with Crippen molar-refractivity contribution >= 4 is 41.7 Å². The summed E-state index contributed by atoms with van der Waals surface area (Å²) in [6.07, 6.45) is 1.01. The minimum atomic E-state index is -0.0878. The highest BCUT2D eigenvalue weighted by Crippen LogP contribution is 2.29. The van der Waals surface area contributed by atoms with Crippen molar-refractivity contribution in [1.29, 1.82) is 0 Å². The van der Waals surface area contributed by atoms with E-state index in [2.05, 4.69) is 6.92 Å². The standard InChI is InChI=1S/C15H21ClN2OS.ClH/c1-10-7-12(8-17)9-18(10)15(19)11(2)20-14-5-3-13(16)4-6-14;/h3-6,10-12H,7-9,17H2,1-2H3;1H. The molecule has 1 aromatic carbocycles. The van der Waals surface area contributed by atoms with Gasteiger partial charge >= 0.3 is 0 Å². The molecule has 2 N–H and O–H groups in total. The van der Waals surface area contributed by atoms with Crippen LogP contribution < -0.4 is 5.73 Å². The molecule has 3 unspecified atom stereocenters. The number of nitrogens with zero attached hydrogens (tertiary/aromatic N) is 1. The van der Waals surface area contributed by atoms with E-state index in [1.54, 1.807) is 11.8 Å². The summed E-state index contributed by atoms with van der Waals surface area (Å²) >= 11 is 7.45. The molecule has 1 heterocycles. The Morgan fingerprint density at radius 2 is 2.10 bits per heavy atom. The van der Waals surface area contributed by atoms with Crippen molar-refractivity contribution in [1.82, 2.24) is 4.90 Å². The molecule has 1 aliphatic rings. The molecule has 1 fully saturated rings. The van der Waals surface area contributed by atoms with Gasteiger partial charge in [0.15, 0.2) is 0 Å². The number of likely N-dealkylation sites (tertiary alicyclic amines) is 1. The van der Waals surface area contributed by atoms with Gasteiger partial charge in [0, 0.05) is 22.5 Å². The van der Waals surface area contributed by atoms with E-state index in [0.29, 0.717) is 23.5 Å². The summed E-state index contributed by atoms with van der Waals surface area (Å²) < 4.78 is 0. The van der Waals surface area contributed by atoms with Crippen molar-refractivity contribution in [2.45, 2.75) is 36.5 Å². The Morgan fingerprint density at radius 1 is 1.48 bits per heavy atom. The van der Waals surface area contributed by atoms with Gasteiger partial charge < -0.3 is 10.6 Å². The maximum Gasteiger partial charge on any atom is 0.236 e. The topological polar surface area (TPSA) is 46.3 Å². The molecule has 0 spiro atoms. The Kier molecular flexibility index (Phi) is 7.34. The van der Waals surface area contributed by atoms with E-state index in [0.717, 1.165) is 17.9 Å². The second kappa shape index (κ2) is 8.28. The molecule has 0 radical (unpaired) electrons. The third-order valence-corrected chi connectivity index (χ3v) is 5.10. The molecular formula is C15H22Cl2N2OS. The monoisotopic (exact) mass is 348 g/mol. The van der Waals surface area contributed by atoms with Crippen LogP contribution in [-0.2, 0) is 4.79 Å². The summed E-state index contributed by atoms with van der Waals surface area (Å²) in [7, 11) is 0. The van der Waals surface area contributed by atoms with Crippen molar-refractivity contribution in [3.8, 4) is 0 Å². The lowest BCUT2D eigenvalue weighted by Crippen LogP contribution is -2.39. The Hall–Kier alpha value is -0.420. The van der Waals surface area contributed by atoms with Crippen molar-refractivity contribution in [3.63, 3.8) is 0 Å². The van der Waals surface area contributed by atoms with Gasteiger partial charge in [-0.2, -0.15) is 0 Å². The van der Waals surface area contributed by atoms with Gasteiger partial charge in [-0.05, 0) is 57.0 Å². The number of carbonyl (C=O) groups excluding carboxylic acids is 1. The number of amides is 1. The Bertz CT molecular complexity index is 469. The number of benzene rings is 1. The van der Waals surface area contributed by atoms with Gasteiger partial charge in [0.25, 0.3) is 0 Å². The molecule has 1 aliphatic heterocycles. The Balaban J connectivity index is 0.00000220. The summed E-state index contributed by atoms with van der Waals surface area (Å²) in [5.74, 6) is 0.648. The molecule has 2 rings (SSSR count). The average Bonchev–Trinajstić information content (AvgIpc) is 2.81. The van der Waals surface area contributed by atoms with Crippen molar-refractivity contribution in [2.75, 3.05) is 13.1 Å². The minimum Gasteiger partial charge on any atom is -0.339 e. The smallest absolute Gasteiger partial charge is 0.236 e. The maximum absolute atomic E-state index is 12.5. The number of rotatable bonds is 4. The summed E-state index contributed by atoms with van der Waals surface area (Å²) in [6.45, 7) is 5.52. The number of carbonyl (C=O) groups is 1. The third kappa shape index (κ3) is 4.78. The Morgan fingerprint density at radius 3 is 2.62 bits per heavy atom. The van der Waals surface area contributed by atoms with E-state index in [1.165, 1.54) is 0 Å². The molecule has 1 amide bonds. The number of hydrogen-bond acceptors (Lipinski definition) is 3. The van der Waals surface area contributed by atoms with Gasteiger partial charge in [0.1, 0.15) is 0 Å². The van der Waals surface area contributed by atoms with Crippen LogP contribution in [0.4, 0.5) is 0 Å². The van der Waals surface area contributed by atoms with Crippen LogP contribution in [-0.4, -0.2) is 35.2 Å². The van der Waals surface area contributed by atoms with Gasteiger partial charge in [-0.3, -0.25) is 4.79 Å². The highest BCUT2D eigenvalue weighted by Gasteiger charge is 2.33. The number of nitrogens with two attached hydrogens (primary N) is 1. The fraction of sp³-hybridized carbons (Fsp3) is 0.533. The Labute approximate surface area is 142 Å². The van der Waals surface area contributed by atoms with Gasteiger partial charge in [-0.1, -0.05) is 11.6 Å². The largest absolute Gasteiger partial charge is 0.339 e. The zero-order valence-electron chi connectivity index (χ0n) is 12.3. The lowest BCUT2D eigenvalue weighted by molar-refractivity contribution is -0.130. The first kappa shape index (κ1) is 18.6. The van der Waals surface area contributed by atoms with E-state index >= 15 is 0 Å². The lowest BCUT2D eigenvalue weighted by atomic mass is 10.1. The summed E-state index contributed by atoms with van der Waals surface area (Å²) in [4.78, 5) is 15.6. The van der Waals surface area contributed by atoms with Crippen LogP contribution in [0.5, 0.6) is 0 Å². The molecule has 0 aliphatic carbocycles. The van der Waals surface area contributed by atoms with Crippen molar-refractivity contribution < 1.29 is 4.79 Å². The fourth-order valence-electron chi connectivity index (χ4n) is 2.62. The zero-order chi connectivity index (χ0) is 14.7. The summed E-state index contributed by atoms with van der Waals surface area (Å²) in [6, 6.07) is 7.90. The molecule has 1 saturated heterocycles. The number of halogens is 2.